The second-order valence-electron chi connectivity index (χ2n) is 6.15. The Balaban J connectivity index is 2.17. The number of para-hydroxylation sites is 1. The predicted octanol–water partition coefficient (Wildman–Crippen LogP) is 4.63. The molecule has 0 saturated heterocycles. The number of carbonyl (C=O) groups excluding carboxylic acids is 1. The molecule has 0 saturated carbocycles. The van der Waals surface area contributed by atoms with E-state index in [0.29, 0.717) is 17.1 Å². The lowest BCUT2D eigenvalue weighted by Gasteiger charge is -2.20. The van der Waals surface area contributed by atoms with Crippen LogP contribution in [0.3, 0.4) is 0 Å². The number of nitrogens with zero attached hydrogens (tertiary/aromatic N) is 1. The van der Waals surface area contributed by atoms with Crippen LogP contribution < -0.4 is 4.74 Å². The number of rotatable bonds is 4. The Labute approximate surface area is 136 Å². The number of benzene rings is 2. The summed E-state index contributed by atoms with van der Waals surface area (Å²) in [6.07, 6.45) is -0.957. The van der Waals surface area contributed by atoms with Gasteiger partial charge in [-0.25, -0.2) is 0 Å². The van der Waals surface area contributed by atoms with Crippen molar-refractivity contribution in [3.05, 3.63) is 60.2 Å². The lowest BCUT2D eigenvalue weighted by Crippen LogP contribution is -2.24. The molecule has 2 aromatic rings. The first-order valence-corrected chi connectivity index (χ1v) is 7.34. The molecule has 4 nitrogen and oxygen atoms in total. The molecule has 0 aromatic heterocycles. The fraction of sp³-hybridized carbons (Fsp3) is 0.263. The van der Waals surface area contributed by atoms with Crippen molar-refractivity contribution >= 4 is 5.97 Å². The van der Waals surface area contributed by atoms with Crippen LogP contribution in [0.25, 0.3) is 0 Å². The van der Waals surface area contributed by atoms with E-state index in [2.05, 4.69) is 0 Å². The lowest BCUT2D eigenvalue weighted by molar-refractivity contribution is -0.156. The third-order valence-corrected chi connectivity index (χ3v) is 3.09. The van der Waals surface area contributed by atoms with Crippen LogP contribution in [0.5, 0.6) is 11.5 Å². The number of hydrogen-bond donors (Lipinski definition) is 0. The fourth-order valence-corrected chi connectivity index (χ4v) is 1.82. The average Bonchev–Trinajstić information content (AvgIpc) is 2.52. The van der Waals surface area contributed by atoms with Crippen molar-refractivity contribution in [3.63, 3.8) is 0 Å². The monoisotopic (exact) mass is 309 g/mol. The van der Waals surface area contributed by atoms with Crippen LogP contribution in [0, 0.1) is 16.7 Å². The Bertz CT molecular complexity index is 711. The third kappa shape index (κ3) is 4.58. The molecule has 0 amide bonds. The molecular formula is C19H19NO3. The van der Waals surface area contributed by atoms with E-state index in [1.54, 1.807) is 45.0 Å². The molecule has 23 heavy (non-hydrogen) atoms. The Morgan fingerprint density at radius 1 is 1.04 bits per heavy atom. The highest BCUT2D eigenvalue weighted by molar-refractivity contribution is 5.75. The van der Waals surface area contributed by atoms with Crippen LogP contribution >= 0.6 is 0 Å². The first-order chi connectivity index (χ1) is 10.9. The molecule has 0 heterocycles. The SMILES string of the molecule is CC(C)(C)C(=O)OC(C#N)c1cccc(Oc2ccccc2)c1. The predicted molar refractivity (Wildman–Crippen MR) is 86.9 cm³/mol. The van der Waals surface area contributed by atoms with Crippen molar-refractivity contribution in [3.8, 4) is 17.6 Å². The summed E-state index contributed by atoms with van der Waals surface area (Å²) in [6.45, 7) is 5.25. The Kier molecular flexibility index (Phi) is 5.02. The third-order valence-electron chi connectivity index (χ3n) is 3.09. The van der Waals surface area contributed by atoms with E-state index in [0.717, 1.165) is 0 Å². The van der Waals surface area contributed by atoms with Crippen molar-refractivity contribution in [2.24, 2.45) is 5.41 Å². The van der Waals surface area contributed by atoms with Gasteiger partial charge in [0.1, 0.15) is 17.6 Å². The summed E-state index contributed by atoms with van der Waals surface area (Å²) < 4.78 is 11.0. The van der Waals surface area contributed by atoms with Crippen molar-refractivity contribution < 1.29 is 14.3 Å². The van der Waals surface area contributed by atoms with E-state index in [-0.39, 0.29) is 0 Å². The van der Waals surface area contributed by atoms with Gasteiger partial charge in [0.15, 0.2) is 0 Å². The molecule has 118 valence electrons. The topological polar surface area (TPSA) is 59.3 Å². The van der Waals surface area contributed by atoms with Crippen molar-refractivity contribution in [1.29, 1.82) is 5.26 Å². The summed E-state index contributed by atoms with van der Waals surface area (Å²) >= 11 is 0. The van der Waals surface area contributed by atoms with Crippen LogP contribution in [-0.2, 0) is 9.53 Å². The summed E-state index contributed by atoms with van der Waals surface area (Å²) in [5, 5.41) is 9.31. The molecule has 1 atom stereocenters. The minimum absolute atomic E-state index is 0.418. The van der Waals surface area contributed by atoms with Crippen molar-refractivity contribution in [2.75, 3.05) is 0 Å². The molecule has 0 fully saturated rings. The summed E-state index contributed by atoms with van der Waals surface area (Å²) in [5.74, 6) is 0.865. The molecule has 0 aliphatic carbocycles. The van der Waals surface area contributed by atoms with Crippen LogP contribution in [0.1, 0.15) is 32.4 Å². The first-order valence-electron chi connectivity index (χ1n) is 7.34. The molecule has 0 radical (unpaired) electrons. The second-order valence-corrected chi connectivity index (χ2v) is 6.15. The molecule has 2 aromatic carbocycles. The quantitative estimate of drug-likeness (QED) is 0.772. The van der Waals surface area contributed by atoms with Gasteiger partial charge in [0.05, 0.1) is 5.41 Å². The van der Waals surface area contributed by atoms with Gasteiger partial charge < -0.3 is 9.47 Å². The normalized spacial score (nSPS) is 12.1. The van der Waals surface area contributed by atoms with E-state index in [1.165, 1.54) is 0 Å². The fourth-order valence-electron chi connectivity index (χ4n) is 1.82. The van der Waals surface area contributed by atoms with E-state index >= 15 is 0 Å². The molecule has 0 spiro atoms. The molecule has 0 N–H and O–H groups in total. The molecular weight excluding hydrogens is 290 g/mol. The molecule has 0 aliphatic heterocycles. The van der Waals surface area contributed by atoms with Crippen LogP contribution in [0.4, 0.5) is 0 Å². The highest BCUT2D eigenvalue weighted by Gasteiger charge is 2.27. The van der Waals surface area contributed by atoms with Gasteiger partial charge in [-0.2, -0.15) is 5.26 Å². The molecule has 0 bridgehead atoms. The zero-order valence-electron chi connectivity index (χ0n) is 13.4. The average molecular weight is 309 g/mol. The van der Waals surface area contributed by atoms with E-state index in [1.807, 2.05) is 36.4 Å². The molecule has 4 heteroatoms. The van der Waals surface area contributed by atoms with Crippen LogP contribution in [0.15, 0.2) is 54.6 Å². The summed E-state index contributed by atoms with van der Waals surface area (Å²) in [7, 11) is 0. The van der Waals surface area contributed by atoms with Crippen molar-refractivity contribution in [2.45, 2.75) is 26.9 Å². The van der Waals surface area contributed by atoms with Crippen LogP contribution in [-0.4, -0.2) is 5.97 Å². The zero-order valence-corrected chi connectivity index (χ0v) is 13.4. The highest BCUT2D eigenvalue weighted by Crippen LogP contribution is 2.27. The van der Waals surface area contributed by atoms with Gasteiger partial charge in [0.25, 0.3) is 0 Å². The molecule has 1 unspecified atom stereocenters. The standard InChI is InChI=1S/C19H19NO3/c1-19(2,3)18(21)23-17(13-20)14-8-7-11-16(12-14)22-15-9-5-4-6-10-15/h4-12,17H,1-3H3. The molecule has 0 aliphatic rings. The van der Waals surface area contributed by atoms with Crippen molar-refractivity contribution in [1.82, 2.24) is 0 Å². The Morgan fingerprint density at radius 3 is 2.30 bits per heavy atom. The molecule has 2 rings (SSSR count). The zero-order chi connectivity index (χ0) is 16.9. The number of carbonyl (C=O) groups is 1. The summed E-state index contributed by atoms with van der Waals surface area (Å²) in [5.41, 5.74) is -0.0775. The minimum Gasteiger partial charge on any atom is -0.457 e. The summed E-state index contributed by atoms with van der Waals surface area (Å²) in [4.78, 5) is 12.0. The van der Waals surface area contributed by atoms with Gasteiger partial charge in [-0.15, -0.1) is 0 Å². The van der Waals surface area contributed by atoms with Gasteiger partial charge >= 0.3 is 5.97 Å². The minimum atomic E-state index is -0.957. The lowest BCUT2D eigenvalue weighted by atomic mass is 9.97. The van der Waals surface area contributed by atoms with E-state index in [4.69, 9.17) is 9.47 Å². The largest absolute Gasteiger partial charge is 0.457 e. The Morgan fingerprint density at radius 2 is 1.70 bits per heavy atom. The van der Waals surface area contributed by atoms with Gasteiger partial charge in [-0.1, -0.05) is 30.3 Å². The number of hydrogen-bond acceptors (Lipinski definition) is 4. The van der Waals surface area contributed by atoms with E-state index < -0.39 is 17.5 Å². The maximum atomic E-state index is 12.0. The van der Waals surface area contributed by atoms with Gasteiger partial charge in [0.2, 0.25) is 6.10 Å². The maximum Gasteiger partial charge on any atom is 0.312 e. The first kappa shape index (κ1) is 16.6. The highest BCUT2D eigenvalue weighted by atomic mass is 16.5. The number of ether oxygens (including phenoxy) is 2. The van der Waals surface area contributed by atoms with Crippen LogP contribution in [0.2, 0.25) is 0 Å². The maximum absolute atomic E-state index is 12.0. The van der Waals surface area contributed by atoms with E-state index in [9.17, 15) is 10.1 Å². The Hall–Kier alpha value is -2.80. The van der Waals surface area contributed by atoms with Gasteiger partial charge in [-0.3, -0.25) is 4.79 Å². The number of esters is 1. The van der Waals surface area contributed by atoms with Gasteiger partial charge in [0, 0.05) is 5.56 Å². The summed E-state index contributed by atoms with van der Waals surface area (Å²) in [6, 6.07) is 18.4. The number of nitriles is 1. The van der Waals surface area contributed by atoms with Gasteiger partial charge in [-0.05, 0) is 45.0 Å². The smallest absolute Gasteiger partial charge is 0.312 e. The second kappa shape index (κ2) is 6.97.